The van der Waals surface area contributed by atoms with Gasteiger partial charge in [-0.2, -0.15) is 0 Å². The lowest BCUT2D eigenvalue weighted by Gasteiger charge is -2.35. The average Bonchev–Trinajstić information content (AvgIpc) is 3.14. The van der Waals surface area contributed by atoms with Crippen LogP contribution in [0.15, 0.2) is 54.7 Å². The molecule has 29 heavy (non-hydrogen) atoms. The van der Waals surface area contributed by atoms with Gasteiger partial charge in [-0.05, 0) is 54.4 Å². The molecular weight excluding hydrogens is 393 g/mol. The summed E-state index contributed by atoms with van der Waals surface area (Å²) >= 11 is 5.87. The molecule has 2 N–H and O–H groups in total. The number of aromatic nitrogens is 1. The number of carbonyl (C=O) groups excluding carboxylic acids is 1. The van der Waals surface area contributed by atoms with E-state index in [1.54, 1.807) is 42.6 Å². The van der Waals surface area contributed by atoms with Gasteiger partial charge in [0.25, 0.3) is 0 Å². The highest BCUT2D eigenvalue weighted by molar-refractivity contribution is 6.30. The number of amides is 2. The van der Waals surface area contributed by atoms with Crippen molar-refractivity contribution in [2.24, 2.45) is 11.8 Å². The minimum atomic E-state index is -0.321. The summed E-state index contributed by atoms with van der Waals surface area (Å²) < 4.78 is 19.8. The number of rotatable bonds is 4. The normalized spacial score (nSPS) is 26.9. The Labute approximate surface area is 172 Å². The molecule has 2 aromatic carbocycles. The molecule has 2 aliphatic carbocycles. The largest absolute Gasteiger partial charge is 0.489 e. The van der Waals surface area contributed by atoms with Crippen LogP contribution >= 0.6 is 11.6 Å². The minimum Gasteiger partial charge on any atom is -0.489 e. The van der Waals surface area contributed by atoms with Crippen LogP contribution in [-0.4, -0.2) is 22.7 Å². The fraction of sp³-hybridized carbons (Fsp3) is 0.273. The Morgan fingerprint density at radius 3 is 2.79 bits per heavy atom. The van der Waals surface area contributed by atoms with Crippen LogP contribution in [0.5, 0.6) is 5.75 Å². The molecule has 5 rings (SSSR count). The van der Waals surface area contributed by atoms with E-state index in [1.165, 1.54) is 12.1 Å². The lowest BCUT2D eigenvalue weighted by Crippen LogP contribution is -2.53. The van der Waals surface area contributed by atoms with Gasteiger partial charge in [0, 0.05) is 34.6 Å². The standard InChI is InChI=1S/C22H19ClFN3O2/c1-12-20-19(29-18-8-9-25-17-7-4-14(24)10-16(17)18)11-22(12,20)27-21(28)26-15-5-2-13(23)3-6-15/h2-10,12,19-20H,11H2,1H3,(H2,26,27,28)/t12-,19-,20?,22+/m0/s1. The van der Waals surface area contributed by atoms with Gasteiger partial charge >= 0.3 is 6.03 Å². The number of anilines is 1. The third-order valence-corrected chi connectivity index (χ3v) is 6.42. The van der Waals surface area contributed by atoms with Crippen LogP contribution in [0.2, 0.25) is 5.02 Å². The molecular formula is C22H19ClFN3O2. The van der Waals surface area contributed by atoms with Crippen molar-refractivity contribution >= 4 is 34.2 Å². The molecule has 2 fully saturated rings. The lowest BCUT2D eigenvalue weighted by atomic mass is 9.89. The van der Waals surface area contributed by atoms with Crippen molar-refractivity contribution in [2.75, 3.05) is 5.32 Å². The number of pyridine rings is 1. The van der Waals surface area contributed by atoms with Crippen molar-refractivity contribution in [3.63, 3.8) is 0 Å². The van der Waals surface area contributed by atoms with Crippen molar-refractivity contribution in [3.8, 4) is 5.75 Å². The number of halogens is 2. The number of ether oxygens (including phenoxy) is 1. The first kappa shape index (κ1) is 18.2. The van der Waals surface area contributed by atoms with Gasteiger partial charge in [-0.15, -0.1) is 0 Å². The maximum absolute atomic E-state index is 13.7. The number of carbonyl (C=O) groups is 1. The zero-order chi connectivity index (χ0) is 20.2. The van der Waals surface area contributed by atoms with E-state index in [9.17, 15) is 9.18 Å². The Morgan fingerprint density at radius 2 is 2.03 bits per heavy atom. The van der Waals surface area contributed by atoms with Crippen molar-refractivity contribution in [1.82, 2.24) is 10.3 Å². The van der Waals surface area contributed by atoms with Crippen molar-refractivity contribution < 1.29 is 13.9 Å². The predicted octanol–water partition coefficient (Wildman–Crippen LogP) is 5.00. The highest BCUT2D eigenvalue weighted by atomic mass is 35.5. The molecule has 7 heteroatoms. The number of fused-ring (bicyclic) bond motifs is 2. The van der Waals surface area contributed by atoms with Gasteiger partial charge in [-0.3, -0.25) is 4.98 Å². The second kappa shape index (κ2) is 6.59. The quantitative estimate of drug-likeness (QED) is 0.634. The zero-order valence-corrected chi connectivity index (χ0v) is 16.4. The number of benzene rings is 2. The molecule has 0 spiro atoms. The first-order chi connectivity index (χ1) is 14.0. The van der Waals surface area contributed by atoms with Gasteiger partial charge in [0.15, 0.2) is 0 Å². The summed E-state index contributed by atoms with van der Waals surface area (Å²) in [5.41, 5.74) is 1.14. The fourth-order valence-electron chi connectivity index (χ4n) is 4.57. The summed E-state index contributed by atoms with van der Waals surface area (Å²) in [6.45, 7) is 2.11. The first-order valence-corrected chi connectivity index (χ1v) is 9.90. The zero-order valence-electron chi connectivity index (χ0n) is 15.7. The lowest BCUT2D eigenvalue weighted by molar-refractivity contribution is 0.0830. The Kier molecular flexibility index (Phi) is 4.13. The average molecular weight is 412 g/mol. The monoisotopic (exact) mass is 411 g/mol. The van der Waals surface area contributed by atoms with E-state index in [2.05, 4.69) is 22.5 Å². The van der Waals surface area contributed by atoms with Crippen LogP contribution in [0.4, 0.5) is 14.9 Å². The Hall–Kier alpha value is -2.86. The summed E-state index contributed by atoms with van der Waals surface area (Å²) in [6, 6.07) is 13.0. The molecule has 3 aromatic rings. The second-order valence-corrected chi connectivity index (χ2v) is 8.21. The Morgan fingerprint density at radius 1 is 1.24 bits per heavy atom. The van der Waals surface area contributed by atoms with Gasteiger partial charge in [-0.1, -0.05) is 18.5 Å². The van der Waals surface area contributed by atoms with Gasteiger partial charge in [0.1, 0.15) is 17.7 Å². The summed E-state index contributed by atoms with van der Waals surface area (Å²) in [5.74, 6) is 0.847. The number of urea groups is 1. The molecule has 1 aromatic heterocycles. The van der Waals surface area contributed by atoms with E-state index in [-0.39, 0.29) is 29.4 Å². The molecule has 5 nitrogen and oxygen atoms in total. The van der Waals surface area contributed by atoms with E-state index in [0.29, 0.717) is 39.7 Å². The van der Waals surface area contributed by atoms with E-state index < -0.39 is 0 Å². The number of hydrogen-bond donors (Lipinski definition) is 2. The van der Waals surface area contributed by atoms with Crippen LogP contribution in [0.25, 0.3) is 10.9 Å². The Bertz CT molecular complexity index is 1110. The number of nitrogens with one attached hydrogen (secondary N) is 2. The molecule has 4 atom stereocenters. The highest BCUT2D eigenvalue weighted by Crippen LogP contribution is 2.65. The molecule has 2 saturated carbocycles. The predicted molar refractivity (Wildman–Crippen MR) is 110 cm³/mol. The van der Waals surface area contributed by atoms with Crippen molar-refractivity contribution in [2.45, 2.75) is 25.0 Å². The molecule has 0 saturated heterocycles. The van der Waals surface area contributed by atoms with Crippen molar-refractivity contribution in [1.29, 1.82) is 0 Å². The number of hydrogen-bond acceptors (Lipinski definition) is 3. The smallest absolute Gasteiger partial charge is 0.319 e. The highest BCUT2D eigenvalue weighted by Gasteiger charge is 2.75. The van der Waals surface area contributed by atoms with E-state index in [1.807, 2.05) is 0 Å². The SMILES string of the molecule is C[C@H]1C2[C@@H](Oc3ccnc4ccc(F)cc34)C[C@]21NC(=O)Nc1ccc(Cl)cc1. The summed E-state index contributed by atoms with van der Waals surface area (Å²) in [5, 5.41) is 7.22. The topological polar surface area (TPSA) is 63.2 Å². The van der Waals surface area contributed by atoms with Gasteiger partial charge in [0.05, 0.1) is 11.1 Å². The van der Waals surface area contributed by atoms with Crippen LogP contribution in [0.1, 0.15) is 13.3 Å². The van der Waals surface area contributed by atoms with E-state index in [4.69, 9.17) is 16.3 Å². The van der Waals surface area contributed by atoms with Crippen LogP contribution in [-0.2, 0) is 0 Å². The van der Waals surface area contributed by atoms with Gasteiger partial charge in [0.2, 0.25) is 0 Å². The second-order valence-electron chi connectivity index (χ2n) is 7.77. The minimum absolute atomic E-state index is 0.0188. The van der Waals surface area contributed by atoms with Crippen molar-refractivity contribution in [3.05, 3.63) is 65.6 Å². The number of nitrogens with zero attached hydrogens (tertiary/aromatic N) is 1. The summed E-state index contributed by atoms with van der Waals surface area (Å²) in [7, 11) is 0. The van der Waals surface area contributed by atoms with Gasteiger partial charge < -0.3 is 15.4 Å². The molecule has 2 aliphatic rings. The Balaban J connectivity index is 1.25. The molecule has 0 radical (unpaired) electrons. The molecule has 1 unspecified atom stereocenters. The third kappa shape index (κ3) is 3.08. The molecule has 0 aliphatic heterocycles. The molecule has 2 amide bonds. The van der Waals surface area contributed by atoms with Crippen LogP contribution in [0, 0.1) is 17.7 Å². The molecule has 148 valence electrons. The maximum Gasteiger partial charge on any atom is 0.319 e. The van der Waals surface area contributed by atoms with Crippen LogP contribution < -0.4 is 15.4 Å². The summed E-state index contributed by atoms with van der Waals surface area (Å²) in [4.78, 5) is 16.7. The van der Waals surface area contributed by atoms with Gasteiger partial charge in [-0.25, -0.2) is 9.18 Å². The van der Waals surface area contributed by atoms with Crippen LogP contribution in [0.3, 0.4) is 0 Å². The molecule has 0 bridgehead atoms. The maximum atomic E-state index is 13.7. The third-order valence-electron chi connectivity index (χ3n) is 6.17. The summed E-state index contributed by atoms with van der Waals surface area (Å²) in [6.07, 6.45) is 2.36. The first-order valence-electron chi connectivity index (χ1n) is 9.52. The fourth-order valence-corrected chi connectivity index (χ4v) is 4.70. The molecule has 1 heterocycles. The van der Waals surface area contributed by atoms with E-state index in [0.717, 1.165) is 0 Å². The van der Waals surface area contributed by atoms with E-state index >= 15 is 0 Å².